The van der Waals surface area contributed by atoms with E-state index >= 15 is 0 Å². The molecule has 2 N–H and O–H groups in total. The minimum atomic E-state index is -1.32. The molecule has 1 spiro atoms. The molecule has 3 aromatic carbocycles. The predicted octanol–water partition coefficient (Wildman–Crippen LogP) is 8.71. The number of fused-ring (bicyclic) bond motifs is 11. The van der Waals surface area contributed by atoms with Crippen LogP contribution in [-0.2, 0) is 26.6 Å². The molecule has 6 aliphatic rings. The van der Waals surface area contributed by atoms with E-state index in [1.54, 1.807) is 37.3 Å². The highest BCUT2D eigenvalue weighted by atomic mass is 16.6. The number of carbonyl (C=O) groups is 2. The monoisotopic (exact) mass is 673 g/mol. The molecule has 258 valence electrons. The molecular weight excluding hydrogens is 630 g/mol. The van der Waals surface area contributed by atoms with Crippen molar-refractivity contribution in [1.82, 2.24) is 0 Å². The van der Waals surface area contributed by atoms with Crippen LogP contribution in [0.15, 0.2) is 71.4 Å². The summed E-state index contributed by atoms with van der Waals surface area (Å²) in [6.07, 6.45) is 11.1. The SMILES string of the molecule is CC(=O)[C@H]1CC[C@H]2[C@@H]3CCC4=C/C(=N\OCc5ccc6c(c5)C5(OC6=O)c6ccc(O)cc6Oc6cc(O)ccc65)CC[C@]4(C)[C@H]3CC[C@]12C. The number of phenolic OH excluding ortho intramolecular Hbond substituents is 2. The number of rotatable bonds is 4. The van der Waals surface area contributed by atoms with E-state index in [1.165, 1.54) is 37.0 Å². The first-order valence-corrected chi connectivity index (χ1v) is 18.1. The van der Waals surface area contributed by atoms with Crippen molar-refractivity contribution in [2.24, 2.45) is 39.7 Å². The van der Waals surface area contributed by atoms with Gasteiger partial charge in [-0.15, -0.1) is 0 Å². The quantitative estimate of drug-likeness (QED) is 0.210. The summed E-state index contributed by atoms with van der Waals surface area (Å²) in [6, 6.07) is 15.0. The summed E-state index contributed by atoms with van der Waals surface area (Å²) in [5.41, 5.74) is 4.56. The number of phenols is 2. The summed E-state index contributed by atoms with van der Waals surface area (Å²) >= 11 is 0. The Morgan fingerprint density at radius 2 is 1.62 bits per heavy atom. The van der Waals surface area contributed by atoms with E-state index in [0.29, 0.717) is 57.3 Å². The Labute approximate surface area is 292 Å². The number of aromatic hydroxyl groups is 2. The van der Waals surface area contributed by atoms with Crippen LogP contribution in [0.1, 0.15) is 105 Å². The summed E-state index contributed by atoms with van der Waals surface area (Å²) in [5.74, 6) is 2.87. The van der Waals surface area contributed by atoms with Crippen molar-refractivity contribution in [2.75, 3.05) is 0 Å². The van der Waals surface area contributed by atoms with E-state index in [-0.39, 0.29) is 34.9 Å². The highest BCUT2D eigenvalue weighted by Crippen LogP contribution is 2.67. The molecule has 0 amide bonds. The molecule has 0 saturated heterocycles. The number of Topliss-reactive ketones (excluding diaryl/α,β-unsaturated/α-hetero) is 1. The van der Waals surface area contributed by atoms with Crippen molar-refractivity contribution < 1.29 is 34.1 Å². The molecule has 3 fully saturated rings. The first-order chi connectivity index (χ1) is 24.0. The van der Waals surface area contributed by atoms with Gasteiger partial charge in [0.1, 0.15) is 35.4 Å². The first-order valence-electron chi connectivity index (χ1n) is 18.1. The van der Waals surface area contributed by atoms with Gasteiger partial charge in [0.25, 0.3) is 0 Å². The second-order valence-corrected chi connectivity index (χ2v) is 16.1. The molecule has 0 bridgehead atoms. The van der Waals surface area contributed by atoms with Gasteiger partial charge in [-0.1, -0.05) is 30.6 Å². The van der Waals surface area contributed by atoms with Crippen molar-refractivity contribution in [1.29, 1.82) is 0 Å². The largest absolute Gasteiger partial charge is 0.508 e. The van der Waals surface area contributed by atoms with Crippen LogP contribution in [0.3, 0.4) is 0 Å². The molecule has 3 saturated carbocycles. The van der Waals surface area contributed by atoms with Gasteiger partial charge in [0.2, 0.25) is 0 Å². The molecule has 6 atom stereocenters. The zero-order chi connectivity index (χ0) is 34.6. The molecule has 9 rings (SSSR count). The minimum Gasteiger partial charge on any atom is -0.508 e. The van der Waals surface area contributed by atoms with Crippen LogP contribution >= 0.6 is 0 Å². The molecule has 4 aliphatic carbocycles. The Morgan fingerprint density at radius 1 is 0.880 bits per heavy atom. The van der Waals surface area contributed by atoms with Crippen molar-refractivity contribution in [3.63, 3.8) is 0 Å². The standard InChI is InChI=1S/C42H43NO7/c1-23(44)31-12-13-32-29-9-5-25-19-26(14-16-40(25,2)33(29)15-17-41(31,32)3)43-48-22-24-4-8-30-36(18-24)42(50-39(30)47)34-10-6-27(45)20-37(34)49-38-21-28(46)7-11-35(38)42/h4,6-8,10-11,18-21,29,31-33,45-46H,5,9,12-17,22H2,1-3H3/b43-26-/t29-,31+,32-,33-,40-,41+/m0/s1. The van der Waals surface area contributed by atoms with Gasteiger partial charge < -0.3 is 24.5 Å². The number of ketones is 1. The van der Waals surface area contributed by atoms with Crippen molar-refractivity contribution in [3.8, 4) is 23.0 Å². The summed E-state index contributed by atoms with van der Waals surface area (Å²) in [5, 5.41) is 25.1. The number of oxime groups is 1. The Balaban J connectivity index is 0.968. The fourth-order valence-corrected chi connectivity index (χ4v) is 11.3. The topological polar surface area (TPSA) is 115 Å². The molecule has 2 heterocycles. The molecule has 8 heteroatoms. The van der Waals surface area contributed by atoms with Crippen molar-refractivity contribution in [2.45, 2.75) is 84.3 Å². The molecule has 50 heavy (non-hydrogen) atoms. The number of nitrogens with zero attached hydrogens (tertiary/aromatic N) is 1. The number of esters is 1. The van der Waals surface area contributed by atoms with E-state index in [9.17, 15) is 19.8 Å². The maximum Gasteiger partial charge on any atom is 0.340 e. The second kappa shape index (κ2) is 11.0. The fourth-order valence-electron chi connectivity index (χ4n) is 11.3. The number of allylic oxidation sites excluding steroid dienone is 2. The number of benzene rings is 3. The lowest BCUT2D eigenvalue weighted by molar-refractivity contribution is -0.127. The van der Waals surface area contributed by atoms with Crippen LogP contribution in [0, 0.1) is 34.5 Å². The molecule has 3 aromatic rings. The normalized spacial score (nSPS) is 32.0. The second-order valence-electron chi connectivity index (χ2n) is 16.1. The van der Waals surface area contributed by atoms with E-state index in [2.05, 4.69) is 25.1 Å². The molecule has 0 aromatic heterocycles. The smallest absolute Gasteiger partial charge is 0.340 e. The Hall–Kier alpha value is -4.59. The van der Waals surface area contributed by atoms with Crippen LogP contribution in [0.4, 0.5) is 0 Å². The van der Waals surface area contributed by atoms with Gasteiger partial charge in [-0.05, 0) is 135 Å². The van der Waals surface area contributed by atoms with Gasteiger partial charge in [0.05, 0.1) is 11.3 Å². The molecule has 0 radical (unpaired) electrons. The summed E-state index contributed by atoms with van der Waals surface area (Å²) < 4.78 is 12.3. The van der Waals surface area contributed by atoms with Crippen molar-refractivity contribution in [3.05, 3.63) is 94.1 Å². The van der Waals surface area contributed by atoms with Gasteiger partial charge in [0, 0.05) is 34.7 Å². The number of hydrogen-bond donors (Lipinski definition) is 2. The lowest BCUT2D eigenvalue weighted by Gasteiger charge is -2.58. The highest BCUT2D eigenvalue weighted by Gasteiger charge is 2.60. The van der Waals surface area contributed by atoms with Crippen LogP contribution in [0.2, 0.25) is 0 Å². The third kappa shape index (κ3) is 4.39. The van der Waals surface area contributed by atoms with Gasteiger partial charge in [-0.25, -0.2) is 4.79 Å². The zero-order valence-electron chi connectivity index (χ0n) is 28.8. The molecule has 8 nitrogen and oxygen atoms in total. The Kier molecular flexibility index (Phi) is 6.88. The van der Waals surface area contributed by atoms with Gasteiger partial charge in [-0.2, -0.15) is 0 Å². The zero-order valence-corrected chi connectivity index (χ0v) is 28.8. The maximum atomic E-state index is 13.3. The summed E-state index contributed by atoms with van der Waals surface area (Å²) in [7, 11) is 0. The van der Waals surface area contributed by atoms with Crippen molar-refractivity contribution >= 4 is 17.5 Å². The lowest BCUT2D eigenvalue weighted by Crippen LogP contribution is -2.51. The Morgan fingerprint density at radius 3 is 2.34 bits per heavy atom. The number of hydrogen-bond acceptors (Lipinski definition) is 8. The summed E-state index contributed by atoms with van der Waals surface area (Å²) in [4.78, 5) is 31.9. The minimum absolute atomic E-state index is 0.0118. The average molecular weight is 674 g/mol. The van der Waals surface area contributed by atoms with E-state index in [4.69, 9.17) is 14.3 Å². The lowest BCUT2D eigenvalue weighted by atomic mass is 9.46. The summed E-state index contributed by atoms with van der Waals surface area (Å²) in [6.45, 7) is 6.91. The number of ether oxygens (including phenoxy) is 2. The number of carbonyl (C=O) groups excluding carboxylic acids is 2. The molecule has 0 unspecified atom stereocenters. The van der Waals surface area contributed by atoms with E-state index in [1.807, 2.05) is 12.1 Å². The predicted molar refractivity (Wildman–Crippen MR) is 186 cm³/mol. The Bertz CT molecular complexity index is 1980. The fraction of sp³-hybridized carbons (Fsp3) is 0.452. The highest BCUT2D eigenvalue weighted by molar-refractivity contribution is 5.97. The van der Waals surface area contributed by atoms with Crippen LogP contribution in [0.5, 0.6) is 23.0 Å². The first kappa shape index (κ1) is 31.4. The molecular formula is C42H43NO7. The maximum absolute atomic E-state index is 13.3. The molecule has 2 aliphatic heterocycles. The third-order valence-electron chi connectivity index (χ3n) is 13.7. The third-order valence-corrected chi connectivity index (χ3v) is 13.7. The van der Waals surface area contributed by atoms with E-state index in [0.717, 1.165) is 43.4 Å². The van der Waals surface area contributed by atoms with Gasteiger partial charge in [0.15, 0.2) is 5.60 Å². The van der Waals surface area contributed by atoms with E-state index < -0.39 is 11.6 Å². The van der Waals surface area contributed by atoms with Crippen LogP contribution in [0.25, 0.3) is 0 Å². The van der Waals surface area contributed by atoms with Gasteiger partial charge in [-0.3, -0.25) is 4.79 Å². The van der Waals surface area contributed by atoms with Gasteiger partial charge >= 0.3 is 5.97 Å². The van der Waals surface area contributed by atoms with Crippen LogP contribution in [-0.4, -0.2) is 27.7 Å². The van der Waals surface area contributed by atoms with Crippen LogP contribution < -0.4 is 4.74 Å². The average Bonchev–Trinajstić information content (AvgIpc) is 3.59.